The number of allylic oxidation sites excluding steroid dienone is 2. The second-order valence-electron chi connectivity index (χ2n) is 6.46. The molecule has 1 aromatic rings. The van der Waals surface area contributed by atoms with Gasteiger partial charge >= 0.3 is 12.0 Å². The predicted molar refractivity (Wildman–Crippen MR) is 101 cm³/mol. The highest BCUT2D eigenvalue weighted by Crippen LogP contribution is 2.38. The van der Waals surface area contributed by atoms with Crippen LogP contribution in [0.5, 0.6) is 11.5 Å². The highest BCUT2D eigenvalue weighted by molar-refractivity contribution is 5.95. The van der Waals surface area contributed by atoms with E-state index in [-0.39, 0.29) is 24.0 Å². The van der Waals surface area contributed by atoms with Gasteiger partial charge in [-0.1, -0.05) is 19.9 Å². The van der Waals surface area contributed by atoms with E-state index in [2.05, 4.69) is 17.2 Å². The highest BCUT2D eigenvalue weighted by Gasteiger charge is 2.35. The number of carbonyl (C=O) groups is 2. The number of aromatic hydroxyl groups is 1. The summed E-state index contributed by atoms with van der Waals surface area (Å²) in [5, 5.41) is 15.8. The quantitative estimate of drug-likeness (QED) is 0.504. The summed E-state index contributed by atoms with van der Waals surface area (Å²) in [4.78, 5) is 24.9. The summed E-state index contributed by atoms with van der Waals surface area (Å²) in [6, 6.07) is 2.20. The maximum atomic E-state index is 12.7. The van der Waals surface area contributed by atoms with Crippen molar-refractivity contribution in [3.8, 4) is 11.5 Å². The van der Waals surface area contributed by atoms with Gasteiger partial charge in [-0.25, -0.2) is 9.59 Å². The number of ether oxygens (including phenoxy) is 2. The van der Waals surface area contributed by atoms with Crippen LogP contribution in [0.3, 0.4) is 0 Å². The van der Waals surface area contributed by atoms with Gasteiger partial charge in [0.2, 0.25) is 0 Å². The fraction of sp³-hybridized carbons (Fsp3) is 0.400. The molecule has 0 saturated heterocycles. The Bertz CT molecular complexity index is 783. The number of amides is 2. The molecule has 3 N–H and O–H groups in total. The number of esters is 1. The van der Waals surface area contributed by atoms with Crippen LogP contribution in [0.1, 0.15) is 37.9 Å². The summed E-state index contributed by atoms with van der Waals surface area (Å²) in [5.74, 6) is -0.334. The molecular weight excluding hydrogens is 348 g/mol. The normalized spacial score (nSPS) is 16.6. The second kappa shape index (κ2) is 8.62. The lowest BCUT2D eigenvalue weighted by molar-refractivity contribution is -0.139. The fourth-order valence-corrected chi connectivity index (χ4v) is 3.05. The number of phenols is 1. The van der Waals surface area contributed by atoms with E-state index in [1.54, 1.807) is 25.1 Å². The molecule has 7 heteroatoms. The molecule has 1 atom stereocenters. The highest BCUT2D eigenvalue weighted by atomic mass is 16.5. The lowest BCUT2D eigenvalue weighted by Gasteiger charge is -2.31. The van der Waals surface area contributed by atoms with Crippen LogP contribution in [0.15, 0.2) is 36.1 Å². The first-order chi connectivity index (χ1) is 12.8. The summed E-state index contributed by atoms with van der Waals surface area (Å²) in [5.41, 5.74) is 2.04. The summed E-state index contributed by atoms with van der Waals surface area (Å²) in [6.07, 6.45) is 2.06. The molecule has 0 spiro atoms. The summed E-state index contributed by atoms with van der Waals surface area (Å²) < 4.78 is 10.5. The summed E-state index contributed by atoms with van der Waals surface area (Å²) >= 11 is 0. The van der Waals surface area contributed by atoms with Gasteiger partial charge in [0.1, 0.15) is 0 Å². The second-order valence-corrected chi connectivity index (χ2v) is 6.46. The van der Waals surface area contributed by atoms with Crippen molar-refractivity contribution in [1.82, 2.24) is 10.6 Å². The van der Waals surface area contributed by atoms with Crippen molar-refractivity contribution in [3.05, 3.63) is 47.2 Å². The number of urea groups is 1. The molecular formula is C20H26N2O5. The molecule has 0 saturated carbocycles. The standard InChI is InChI=1S/C20H26N2O5/c1-6-8-12-9-13(10-14(26-5)18(12)23)17-15(19(24)27-7-2)16(11(3)4)21-20(25)22-17/h6,9-11,17,23H,1,7-8H2,2-5H3,(H2,21,22,25). The molecule has 27 heavy (non-hydrogen) atoms. The molecule has 0 aromatic heterocycles. The smallest absolute Gasteiger partial charge is 0.338 e. The summed E-state index contributed by atoms with van der Waals surface area (Å²) in [6.45, 7) is 9.41. The zero-order valence-electron chi connectivity index (χ0n) is 16.1. The number of methoxy groups -OCH3 is 1. The van der Waals surface area contributed by atoms with Gasteiger partial charge in [0.15, 0.2) is 11.5 Å². The summed E-state index contributed by atoms with van der Waals surface area (Å²) in [7, 11) is 1.44. The van der Waals surface area contributed by atoms with E-state index >= 15 is 0 Å². The number of benzene rings is 1. The van der Waals surface area contributed by atoms with Crippen LogP contribution in [-0.2, 0) is 16.0 Å². The van der Waals surface area contributed by atoms with Crippen LogP contribution in [0.4, 0.5) is 4.79 Å². The molecule has 1 heterocycles. The van der Waals surface area contributed by atoms with Gasteiger partial charge in [-0.2, -0.15) is 0 Å². The number of nitrogens with one attached hydrogen (secondary N) is 2. The van der Waals surface area contributed by atoms with Gasteiger partial charge in [0.05, 0.1) is 25.3 Å². The third-order valence-electron chi connectivity index (χ3n) is 4.27. The number of carbonyl (C=O) groups excluding carboxylic acids is 2. The van der Waals surface area contributed by atoms with Gasteiger partial charge in [0, 0.05) is 11.3 Å². The SMILES string of the molecule is C=CCc1cc(C2NC(=O)NC(C(C)C)=C2C(=O)OCC)cc(OC)c1O. The first-order valence-electron chi connectivity index (χ1n) is 8.83. The largest absolute Gasteiger partial charge is 0.504 e. The molecule has 0 aliphatic carbocycles. The minimum atomic E-state index is -0.728. The van der Waals surface area contributed by atoms with Crippen LogP contribution in [0.25, 0.3) is 0 Å². The lowest BCUT2D eigenvalue weighted by atomic mass is 9.90. The molecule has 0 radical (unpaired) electrons. The van der Waals surface area contributed by atoms with E-state index in [1.807, 2.05) is 13.8 Å². The molecule has 2 amide bonds. The minimum Gasteiger partial charge on any atom is -0.504 e. The average Bonchev–Trinajstić information content (AvgIpc) is 2.62. The first kappa shape index (κ1) is 20.4. The number of hydrogen-bond acceptors (Lipinski definition) is 5. The van der Waals surface area contributed by atoms with Crippen molar-refractivity contribution in [3.63, 3.8) is 0 Å². The molecule has 1 unspecified atom stereocenters. The third-order valence-corrected chi connectivity index (χ3v) is 4.27. The van der Waals surface area contributed by atoms with Crippen molar-refractivity contribution in [1.29, 1.82) is 0 Å². The van der Waals surface area contributed by atoms with Crippen LogP contribution in [0, 0.1) is 5.92 Å². The van der Waals surface area contributed by atoms with E-state index < -0.39 is 18.0 Å². The van der Waals surface area contributed by atoms with Crippen LogP contribution in [0.2, 0.25) is 0 Å². The van der Waals surface area contributed by atoms with Gasteiger partial charge in [-0.3, -0.25) is 0 Å². The molecule has 1 aliphatic rings. The van der Waals surface area contributed by atoms with Crippen LogP contribution < -0.4 is 15.4 Å². The van der Waals surface area contributed by atoms with Gasteiger partial charge in [-0.05, 0) is 37.0 Å². The van der Waals surface area contributed by atoms with Gasteiger partial charge in [-0.15, -0.1) is 6.58 Å². The van der Waals surface area contributed by atoms with Crippen molar-refractivity contribution < 1.29 is 24.2 Å². The average molecular weight is 374 g/mol. The van der Waals surface area contributed by atoms with Gasteiger partial charge in [0.25, 0.3) is 0 Å². The Morgan fingerprint density at radius 1 is 1.41 bits per heavy atom. The van der Waals surface area contributed by atoms with Crippen molar-refractivity contribution >= 4 is 12.0 Å². The topological polar surface area (TPSA) is 96.9 Å². The number of hydrogen-bond donors (Lipinski definition) is 3. The molecule has 0 fully saturated rings. The fourth-order valence-electron chi connectivity index (χ4n) is 3.05. The molecule has 1 aromatic carbocycles. The zero-order valence-corrected chi connectivity index (χ0v) is 16.1. The number of phenolic OH excluding ortho intramolecular Hbond substituents is 1. The zero-order chi connectivity index (χ0) is 20.1. The Morgan fingerprint density at radius 3 is 2.67 bits per heavy atom. The number of rotatable bonds is 7. The van der Waals surface area contributed by atoms with E-state index in [0.717, 1.165) is 0 Å². The predicted octanol–water partition coefficient (Wildman–Crippen LogP) is 2.96. The lowest BCUT2D eigenvalue weighted by Crippen LogP contribution is -2.47. The third kappa shape index (κ3) is 4.24. The molecule has 7 nitrogen and oxygen atoms in total. The van der Waals surface area contributed by atoms with Crippen molar-refractivity contribution in [2.45, 2.75) is 33.2 Å². The van der Waals surface area contributed by atoms with Crippen molar-refractivity contribution in [2.75, 3.05) is 13.7 Å². The molecule has 2 rings (SSSR count). The Hall–Kier alpha value is -2.96. The van der Waals surface area contributed by atoms with E-state index in [0.29, 0.717) is 28.8 Å². The van der Waals surface area contributed by atoms with Crippen LogP contribution >= 0.6 is 0 Å². The first-order valence-corrected chi connectivity index (χ1v) is 8.83. The Labute approximate surface area is 159 Å². The Morgan fingerprint density at radius 2 is 2.11 bits per heavy atom. The van der Waals surface area contributed by atoms with Gasteiger partial charge < -0.3 is 25.2 Å². The minimum absolute atomic E-state index is 0.00663. The Balaban J connectivity index is 2.67. The molecule has 146 valence electrons. The maximum absolute atomic E-state index is 12.7. The van der Waals surface area contributed by atoms with E-state index in [1.165, 1.54) is 7.11 Å². The Kier molecular flexibility index (Phi) is 6.50. The molecule has 1 aliphatic heterocycles. The van der Waals surface area contributed by atoms with Crippen LogP contribution in [-0.4, -0.2) is 30.8 Å². The maximum Gasteiger partial charge on any atom is 0.338 e. The van der Waals surface area contributed by atoms with E-state index in [9.17, 15) is 14.7 Å². The van der Waals surface area contributed by atoms with E-state index in [4.69, 9.17) is 9.47 Å². The van der Waals surface area contributed by atoms with Crippen molar-refractivity contribution in [2.24, 2.45) is 5.92 Å². The monoisotopic (exact) mass is 374 g/mol. The molecule has 0 bridgehead atoms.